The molecule has 0 radical (unpaired) electrons. The average Bonchev–Trinajstić information content (AvgIpc) is 2.67. The van der Waals surface area contributed by atoms with E-state index in [1.807, 2.05) is 24.3 Å². The van der Waals surface area contributed by atoms with Gasteiger partial charge in [-0.3, -0.25) is 9.59 Å². The Morgan fingerprint density at radius 2 is 1.75 bits per heavy atom. The summed E-state index contributed by atoms with van der Waals surface area (Å²) in [7, 11) is 1.30. The zero-order chi connectivity index (χ0) is 20.7. The van der Waals surface area contributed by atoms with Crippen LogP contribution in [0.2, 0.25) is 0 Å². The number of anilines is 2. The minimum Gasteiger partial charge on any atom is -0.465 e. The van der Waals surface area contributed by atoms with Crippen molar-refractivity contribution >= 4 is 29.2 Å². The number of hydrogen-bond acceptors (Lipinski definition) is 4. The number of ether oxygens (including phenoxy) is 1. The first-order valence-corrected chi connectivity index (χ1v) is 9.18. The average molecular weight is 382 g/mol. The van der Waals surface area contributed by atoms with Gasteiger partial charge in [0.2, 0.25) is 11.8 Å². The minimum absolute atomic E-state index is 0.127. The molecule has 2 amide bonds. The molecule has 6 nitrogen and oxygen atoms in total. The summed E-state index contributed by atoms with van der Waals surface area (Å²) in [5.74, 6) is -0.431. The van der Waals surface area contributed by atoms with Crippen LogP contribution in [-0.4, -0.2) is 31.4 Å². The maximum atomic E-state index is 12.3. The molecule has 1 N–H and O–H groups in total. The highest BCUT2D eigenvalue weighted by Crippen LogP contribution is 2.21. The van der Waals surface area contributed by atoms with Crippen LogP contribution in [0.4, 0.5) is 11.4 Å². The molecule has 2 aromatic rings. The second kappa shape index (κ2) is 9.69. The third-order valence-corrected chi connectivity index (χ3v) is 4.38. The molecular weight excluding hydrogens is 356 g/mol. The van der Waals surface area contributed by atoms with Crippen LogP contribution in [0, 0.1) is 0 Å². The second-order valence-corrected chi connectivity index (χ2v) is 6.79. The van der Waals surface area contributed by atoms with Crippen molar-refractivity contribution in [3.05, 3.63) is 59.7 Å². The van der Waals surface area contributed by atoms with Crippen LogP contribution in [0.5, 0.6) is 0 Å². The van der Waals surface area contributed by atoms with Crippen LogP contribution in [0.3, 0.4) is 0 Å². The first-order chi connectivity index (χ1) is 13.3. The predicted octanol–water partition coefficient (Wildman–Crippen LogP) is 3.98. The van der Waals surface area contributed by atoms with Gasteiger partial charge in [-0.15, -0.1) is 0 Å². The van der Waals surface area contributed by atoms with Gasteiger partial charge in [-0.25, -0.2) is 4.79 Å². The molecule has 148 valence electrons. The Bertz CT molecular complexity index is 844. The van der Waals surface area contributed by atoms with Crippen molar-refractivity contribution in [3.63, 3.8) is 0 Å². The van der Waals surface area contributed by atoms with Crippen molar-refractivity contribution < 1.29 is 19.1 Å². The molecule has 0 aromatic heterocycles. The van der Waals surface area contributed by atoms with E-state index in [9.17, 15) is 14.4 Å². The summed E-state index contributed by atoms with van der Waals surface area (Å²) < 4.78 is 4.68. The molecule has 0 unspecified atom stereocenters. The zero-order valence-corrected chi connectivity index (χ0v) is 16.7. The molecule has 0 saturated carbocycles. The fourth-order valence-corrected chi connectivity index (χ4v) is 2.79. The highest BCUT2D eigenvalue weighted by atomic mass is 16.5. The van der Waals surface area contributed by atoms with Crippen molar-refractivity contribution in [1.82, 2.24) is 0 Å². The fraction of sp³-hybridized carbons (Fsp3) is 0.318. The molecule has 0 aliphatic carbocycles. The molecule has 2 rings (SSSR count). The Morgan fingerprint density at radius 1 is 1.07 bits per heavy atom. The third kappa shape index (κ3) is 5.67. The van der Waals surface area contributed by atoms with E-state index in [2.05, 4.69) is 23.9 Å². The number of esters is 1. The molecule has 0 atom stereocenters. The lowest BCUT2D eigenvalue weighted by molar-refractivity contribution is -0.117. The summed E-state index contributed by atoms with van der Waals surface area (Å²) in [6.45, 7) is 5.96. The van der Waals surface area contributed by atoms with Gasteiger partial charge in [-0.1, -0.05) is 32.0 Å². The smallest absolute Gasteiger partial charge is 0.337 e. The van der Waals surface area contributed by atoms with Crippen molar-refractivity contribution in [2.24, 2.45) is 0 Å². The van der Waals surface area contributed by atoms with Crippen LogP contribution >= 0.6 is 0 Å². The number of methoxy groups -OCH3 is 1. The Kier molecular flexibility index (Phi) is 7.32. The first kappa shape index (κ1) is 21.2. The van der Waals surface area contributed by atoms with Gasteiger partial charge in [-0.2, -0.15) is 0 Å². The van der Waals surface area contributed by atoms with Gasteiger partial charge in [-0.05, 0) is 41.8 Å². The van der Waals surface area contributed by atoms with Gasteiger partial charge in [0.25, 0.3) is 0 Å². The van der Waals surface area contributed by atoms with Gasteiger partial charge in [0, 0.05) is 31.3 Å². The molecule has 0 fully saturated rings. The number of benzene rings is 2. The van der Waals surface area contributed by atoms with E-state index in [0.717, 1.165) is 5.69 Å². The molecule has 0 heterocycles. The molecule has 2 aromatic carbocycles. The number of rotatable bonds is 7. The zero-order valence-electron chi connectivity index (χ0n) is 16.7. The largest absolute Gasteiger partial charge is 0.465 e. The molecule has 6 heteroatoms. The van der Waals surface area contributed by atoms with E-state index in [1.165, 1.54) is 19.6 Å². The van der Waals surface area contributed by atoms with Crippen LogP contribution in [-0.2, 0) is 14.3 Å². The second-order valence-electron chi connectivity index (χ2n) is 6.79. The SMILES string of the molecule is COC(=O)c1cccc(NC(=O)CCN(C(C)=O)c2ccc(C(C)C)cc2)c1. The molecule has 28 heavy (non-hydrogen) atoms. The predicted molar refractivity (Wildman–Crippen MR) is 110 cm³/mol. The van der Waals surface area contributed by atoms with E-state index >= 15 is 0 Å². The van der Waals surface area contributed by atoms with Crippen molar-refractivity contribution in [2.75, 3.05) is 23.9 Å². The maximum absolute atomic E-state index is 12.3. The summed E-state index contributed by atoms with van der Waals surface area (Å²) in [5, 5.41) is 2.75. The Balaban J connectivity index is 2.01. The monoisotopic (exact) mass is 382 g/mol. The fourth-order valence-electron chi connectivity index (χ4n) is 2.79. The summed E-state index contributed by atoms with van der Waals surface area (Å²) in [6, 6.07) is 14.3. The van der Waals surface area contributed by atoms with E-state index in [1.54, 1.807) is 29.2 Å². The van der Waals surface area contributed by atoms with E-state index in [0.29, 0.717) is 17.2 Å². The lowest BCUT2D eigenvalue weighted by atomic mass is 10.0. The number of nitrogens with one attached hydrogen (secondary N) is 1. The van der Waals surface area contributed by atoms with Crippen molar-refractivity contribution in [2.45, 2.75) is 33.1 Å². The van der Waals surface area contributed by atoms with Crippen molar-refractivity contribution in [1.29, 1.82) is 0 Å². The summed E-state index contributed by atoms with van der Waals surface area (Å²) in [5.41, 5.74) is 2.81. The van der Waals surface area contributed by atoms with Gasteiger partial charge >= 0.3 is 5.97 Å². The lowest BCUT2D eigenvalue weighted by Gasteiger charge is -2.21. The molecule has 0 aliphatic heterocycles. The van der Waals surface area contributed by atoms with Crippen LogP contribution < -0.4 is 10.2 Å². The number of amides is 2. The van der Waals surface area contributed by atoms with Gasteiger partial charge < -0.3 is 15.0 Å². The Labute approximate surface area is 165 Å². The number of hydrogen-bond donors (Lipinski definition) is 1. The van der Waals surface area contributed by atoms with Crippen LogP contribution in [0.15, 0.2) is 48.5 Å². The minimum atomic E-state index is -0.469. The van der Waals surface area contributed by atoms with E-state index in [4.69, 9.17) is 0 Å². The highest BCUT2D eigenvalue weighted by molar-refractivity contribution is 5.96. The number of carbonyl (C=O) groups excluding carboxylic acids is 3. The molecule has 0 bridgehead atoms. The number of nitrogens with zero attached hydrogens (tertiary/aromatic N) is 1. The van der Waals surface area contributed by atoms with Gasteiger partial charge in [0.1, 0.15) is 0 Å². The standard InChI is InChI=1S/C22H26N2O4/c1-15(2)17-8-10-20(11-9-17)24(16(3)25)13-12-21(26)23-19-7-5-6-18(14-19)22(27)28-4/h5-11,14-15H,12-13H2,1-4H3,(H,23,26). The summed E-state index contributed by atoms with van der Waals surface area (Å²) >= 11 is 0. The van der Waals surface area contributed by atoms with Crippen molar-refractivity contribution in [3.8, 4) is 0 Å². The molecule has 0 aliphatic rings. The molecule has 0 spiro atoms. The van der Waals surface area contributed by atoms with E-state index < -0.39 is 5.97 Å². The Hall–Kier alpha value is -3.15. The normalized spacial score (nSPS) is 10.5. The Morgan fingerprint density at radius 3 is 2.32 bits per heavy atom. The highest BCUT2D eigenvalue weighted by Gasteiger charge is 2.14. The quantitative estimate of drug-likeness (QED) is 0.735. The van der Waals surface area contributed by atoms with Crippen LogP contribution in [0.1, 0.15) is 49.0 Å². The van der Waals surface area contributed by atoms with Crippen LogP contribution in [0.25, 0.3) is 0 Å². The maximum Gasteiger partial charge on any atom is 0.337 e. The molecular formula is C22H26N2O4. The third-order valence-electron chi connectivity index (χ3n) is 4.38. The summed E-state index contributed by atoms with van der Waals surface area (Å²) in [4.78, 5) is 37.5. The van der Waals surface area contributed by atoms with Gasteiger partial charge in [0.15, 0.2) is 0 Å². The lowest BCUT2D eigenvalue weighted by Crippen LogP contribution is -2.32. The van der Waals surface area contributed by atoms with E-state index in [-0.39, 0.29) is 24.8 Å². The topological polar surface area (TPSA) is 75.7 Å². The van der Waals surface area contributed by atoms with Gasteiger partial charge in [0.05, 0.1) is 12.7 Å². The first-order valence-electron chi connectivity index (χ1n) is 9.18. The number of carbonyl (C=O) groups is 3. The molecule has 0 saturated heterocycles. The summed E-state index contributed by atoms with van der Waals surface area (Å²) in [6.07, 6.45) is 0.133.